The Morgan fingerprint density at radius 2 is 1.72 bits per heavy atom. The second-order valence-electron chi connectivity index (χ2n) is 8.92. The van der Waals surface area contributed by atoms with Gasteiger partial charge < -0.3 is 14.4 Å². The molecule has 0 saturated carbocycles. The van der Waals surface area contributed by atoms with Gasteiger partial charge in [-0.25, -0.2) is 0 Å². The summed E-state index contributed by atoms with van der Waals surface area (Å²) >= 11 is 0. The van der Waals surface area contributed by atoms with Gasteiger partial charge in [-0.3, -0.25) is 9.59 Å². The minimum atomic E-state index is -0.177. The summed E-state index contributed by atoms with van der Waals surface area (Å²) in [4.78, 5) is 28.6. The van der Waals surface area contributed by atoms with Gasteiger partial charge in [-0.2, -0.15) is 0 Å². The van der Waals surface area contributed by atoms with Crippen LogP contribution in [-0.2, 0) is 12.8 Å². The van der Waals surface area contributed by atoms with Gasteiger partial charge in [-0.1, -0.05) is 30.3 Å². The molecule has 1 amide bonds. The maximum Gasteiger partial charge on any atom is 0.254 e. The van der Waals surface area contributed by atoms with E-state index in [9.17, 15) is 9.59 Å². The standard InChI is InChI=1S/C27H25NO4/c29-26(22-10-8-18-7-6-17-3-1-5-21(22)25(17)18)20-4-2-12-28(16-20)27(30)19-9-11-23-24(15-19)32-14-13-31-23/h1,3,5,8-11,15,20H,2,4,6-7,12-14,16H2. The van der Waals surface area contributed by atoms with Crippen LogP contribution in [0.5, 0.6) is 11.5 Å². The highest BCUT2D eigenvalue weighted by Crippen LogP contribution is 2.35. The summed E-state index contributed by atoms with van der Waals surface area (Å²) in [5.41, 5.74) is 4.05. The van der Waals surface area contributed by atoms with Crippen molar-refractivity contribution in [3.63, 3.8) is 0 Å². The molecule has 1 atom stereocenters. The van der Waals surface area contributed by atoms with Gasteiger partial charge in [0.25, 0.3) is 5.91 Å². The highest BCUT2D eigenvalue weighted by atomic mass is 16.6. The molecule has 3 aromatic carbocycles. The van der Waals surface area contributed by atoms with Crippen LogP contribution in [0.1, 0.15) is 44.7 Å². The van der Waals surface area contributed by atoms with E-state index in [2.05, 4.69) is 24.3 Å². The van der Waals surface area contributed by atoms with Gasteiger partial charge in [0.05, 0.1) is 0 Å². The molecule has 2 heterocycles. The third-order valence-electron chi connectivity index (χ3n) is 7.01. The van der Waals surface area contributed by atoms with Crippen molar-refractivity contribution in [3.8, 4) is 11.5 Å². The SMILES string of the molecule is O=C(c1ccc2c3c(cccc13)CC2)C1CCCN(C(=O)c2ccc3c(c2)OCCO3)C1. The second kappa shape index (κ2) is 7.66. The Morgan fingerprint density at radius 3 is 2.59 bits per heavy atom. The van der Waals surface area contributed by atoms with E-state index in [4.69, 9.17) is 9.47 Å². The summed E-state index contributed by atoms with van der Waals surface area (Å²) in [6.45, 7) is 2.13. The molecule has 2 aliphatic heterocycles. The topological polar surface area (TPSA) is 55.8 Å². The quantitative estimate of drug-likeness (QED) is 0.580. The number of rotatable bonds is 3. The Labute approximate surface area is 186 Å². The average Bonchev–Trinajstić information content (AvgIpc) is 3.28. The van der Waals surface area contributed by atoms with E-state index in [1.54, 1.807) is 18.2 Å². The molecule has 0 aromatic heterocycles. The van der Waals surface area contributed by atoms with Gasteiger partial charge >= 0.3 is 0 Å². The van der Waals surface area contributed by atoms with Crippen LogP contribution in [0, 0.1) is 5.92 Å². The zero-order valence-electron chi connectivity index (χ0n) is 17.9. The molecule has 0 N–H and O–H groups in total. The van der Waals surface area contributed by atoms with E-state index in [1.807, 2.05) is 11.0 Å². The minimum Gasteiger partial charge on any atom is -0.486 e. The Bertz CT molecular complexity index is 1240. The van der Waals surface area contributed by atoms with E-state index in [0.717, 1.165) is 36.6 Å². The third-order valence-corrected chi connectivity index (χ3v) is 7.01. The van der Waals surface area contributed by atoms with Gasteiger partial charge in [0.2, 0.25) is 0 Å². The first-order valence-electron chi connectivity index (χ1n) is 11.5. The average molecular weight is 428 g/mol. The Hall–Kier alpha value is -3.34. The zero-order valence-corrected chi connectivity index (χ0v) is 17.9. The molecule has 0 radical (unpaired) electrons. The largest absolute Gasteiger partial charge is 0.486 e. The molecule has 1 saturated heterocycles. The van der Waals surface area contributed by atoms with Gasteiger partial charge in [-0.15, -0.1) is 0 Å². The lowest BCUT2D eigenvalue weighted by Crippen LogP contribution is -2.42. The molecule has 1 unspecified atom stereocenters. The minimum absolute atomic E-state index is 0.0557. The van der Waals surface area contributed by atoms with E-state index >= 15 is 0 Å². The molecule has 0 bridgehead atoms. The summed E-state index contributed by atoms with van der Waals surface area (Å²) in [6, 6.07) is 15.7. The van der Waals surface area contributed by atoms with Crippen molar-refractivity contribution in [3.05, 3.63) is 70.8 Å². The van der Waals surface area contributed by atoms with Gasteiger partial charge in [0.1, 0.15) is 13.2 Å². The first kappa shape index (κ1) is 19.4. The molecule has 5 nitrogen and oxygen atoms in total. The normalized spacial score (nSPS) is 19.2. The number of ketones is 1. The fourth-order valence-corrected chi connectivity index (χ4v) is 5.42. The highest BCUT2D eigenvalue weighted by Gasteiger charge is 2.31. The van der Waals surface area contributed by atoms with Crippen LogP contribution in [0.2, 0.25) is 0 Å². The molecule has 1 fully saturated rings. The molecular weight excluding hydrogens is 402 g/mol. The molecule has 5 heteroatoms. The smallest absolute Gasteiger partial charge is 0.254 e. The predicted octanol–water partition coefficient (Wildman–Crippen LogP) is 4.44. The van der Waals surface area contributed by atoms with Gasteiger partial charge in [0, 0.05) is 30.1 Å². The van der Waals surface area contributed by atoms with Crippen LogP contribution in [0.15, 0.2) is 48.5 Å². The number of aryl methyl sites for hydroxylation is 2. The number of carbonyl (C=O) groups is 2. The lowest BCUT2D eigenvalue weighted by atomic mass is 9.87. The van der Waals surface area contributed by atoms with Crippen LogP contribution in [0.3, 0.4) is 0 Å². The number of hydrogen-bond acceptors (Lipinski definition) is 4. The number of carbonyl (C=O) groups excluding carboxylic acids is 2. The van der Waals surface area contributed by atoms with Crippen molar-refractivity contribution in [2.24, 2.45) is 5.92 Å². The summed E-state index contributed by atoms with van der Waals surface area (Å²) < 4.78 is 11.2. The number of hydrogen-bond donors (Lipinski definition) is 0. The fraction of sp³-hybridized carbons (Fsp3) is 0.333. The molecular formula is C27H25NO4. The number of ether oxygens (including phenoxy) is 2. The van der Waals surface area contributed by atoms with E-state index in [1.165, 1.54) is 16.5 Å². The van der Waals surface area contributed by atoms with Crippen LogP contribution in [0.25, 0.3) is 10.8 Å². The van der Waals surface area contributed by atoms with Gasteiger partial charge in [0.15, 0.2) is 17.3 Å². The van der Waals surface area contributed by atoms with Crippen LogP contribution in [0.4, 0.5) is 0 Å². The summed E-state index contributed by atoms with van der Waals surface area (Å²) in [7, 11) is 0. The number of fused-ring (bicyclic) bond motifs is 1. The van der Waals surface area contributed by atoms with E-state index in [0.29, 0.717) is 43.4 Å². The number of Topliss-reactive ketones (excluding diaryl/α,β-unsaturated/α-hetero) is 1. The van der Waals surface area contributed by atoms with Crippen molar-refractivity contribution >= 4 is 22.5 Å². The first-order chi connectivity index (χ1) is 15.7. The van der Waals surface area contributed by atoms with Crippen molar-refractivity contribution in [1.82, 2.24) is 4.90 Å². The summed E-state index contributed by atoms with van der Waals surface area (Å²) in [5, 5.41) is 2.33. The zero-order chi connectivity index (χ0) is 21.7. The fourth-order valence-electron chi connectivity index (χ4n) is 5.42. The van der Waals surface area contributed by atoms with E-state index in [-0.39, 0.29) is 17.6 Å². The first-order valence-corrected chi connectivity index (χ1v) is 11.5. The molecule has 6 rings (SSSR count). The molecule has 1 aliphatic carbocycles. The maximum atomic E-state index is 13.6. The van der Waals surface area contributed by atoms with E-state index < -0.39 is 0 Å². The van der Waals surface area contributed by atoms with Crippen LogP contribution < -0.4 is 9.47 Å². The van der Waals surface area contributed by atoms with Crippen LogP contribution >= 0.6 is 0 Å². The highest BCUT2D eigenvalue weighted by molar-refractivity contribution is 6.11. The Kier molecular flexibility index (Phi) is 4.63. The van der Waals surface area contributed by atoms with Crippen LogP contribution in [-0.4, -0.2) is 42.9 Å². The third kappa shape index (κ3) is 3.15. The number of piperidine rings is 1. The summed E-state index contributed by atoms with van der Waals surface area (Å²) in [5.74, 6) is 1.20. The van der Waals surface area contributed by atoms with Gasteiger partial charge in [-0.05, 0) is 65.8 Å². The number of nitrogens with zero attached hydrogens (tertiary/aromatic N) is 1. The maximum absolute atomic E-state index is 13.6. The van der Waals surface area contributed by atoms with Crippen molar-refractivity contribution in [2.45, 2.75) is 25.7 Å². The molecule has 162 valence electrons. The summed E-state index contributed by atoms with van der Waals surface area (Å²) in [6.07, 6.45) is 3.73. The van der Waals surface area contributed by atoms with Crippen molar-refractivity contribution in [1.29, 1.82) is 0 Å². The Morgan fingerprint density at radius 1 is 0.906 bits per heavy atom. The molecule has 3 aromatic rings. The van der Waals surface area contributed by atoms with Crippen molar-refractivity contribution < 1.29 is 19.1 Å². The second-order valence-corrected chi connectivity index (χ2v) is 8.92. The molecule has 0 spiro atoms. The lowest BCUT2D eigenvalue weighted by molar-refractivity contribution is 0.0636. The lowest BCUT2D eigenvalue weighted by Gasteiger charge is -2.32. The molecule has 32 heavy (non-hydrogen) atoms. The predicted molar refractivity (Wildman–Crippen MR) is 122 cm³/mol. The number of likely N-dealkylation sites (tertiary alicyclic amines) is 1. The number of benzene rings is 3. The monoisotopic (exact) mass is 427 g/mol. The Balaban J connectivity index is 1.25. The molecule has 3 aliphatic rings. The number of amides is 1. The van der Waals surface area contributed by atoms with Crippen molar-refractivity contribution in [2.75, 3.05) is 26.3 Å².